The smallest absolute Gasteiger partial charge is 0.0627 e. The van der Waals surface area contributed by atoms with Crippen LogP contribution < -0.4 is 5.73 Å². The van der Waals surface area contributed by atoms with Crippen LogP contribution in [0.25, 0.3) is 0 Å². The first-order valence-electron chi connectivity index (χ1n) is 5.68. The van der Waals surface area contributed by atoms with Crippen molar-refractivity contribution >= 4 is 16.5 Å². The third-order valence-corrected chi connectivity index (χ3v) is 5.01. The van der Waals surface area contributed by atoms with Gasteiger partial charge in [0.2, 0.25) is 0 Å². The first-order valence-corrected chi connectivity index (χ1v) is 7.00. The maximum absolute atomic E-state index is 12.2. The highest BCUT2D eigenvalue weighted by atomic mass is 32.2. The average Bonchev–Trinajstić information content (AvgIpc) is 3.02. The molecule has 0 radical (unpaired) electrons. The predicted molar refractivity (Wildman–Crippen MR) is 68.8 cm³/mol. The quantitative estimate of drug-likeness (QED) is 0.832. The number of hydrogen-bond donors (Lipinski definition) is 1. The molecule has 1 fully saturated rings. The molecule has 17 heavy (non-hydrogen) atoms. The number of rotatable bonds is 4. The first-order chi connectivity index (χ1) is 8.06. The second-order valence-electron chi connectivity index (χ2n) is 4.84. The summed E-state index contributed by atoms with van der Waals surface area (Å²) in [5.74, 6) is 0.601. The fraction of sp³-hybridized carbons (Fsp3) is 0.462. The molecule has 1 saturated carbocycles. The number of anilines is 1. The summed E-state index contributed by atoms with van der Waals surface area (Å²) in [6, 6.07) is 7.69. The molecule has 1 atom stereocenters. The van der Waals surface area contributed by atoms with Crippen molar-refractivity contribution in [3.05, 3.63) is 23.8 Å². The summed E-state index contributed by atoms with van der Waals surface area (Å²) >= 11 is 0. The molecule has 1 aromatic rings. The molecule has 2 rings (SSSR count). The Hall–Kier alpha value is -1.34. The molecule has 0 amide bonds. The average molecular weight is 248 g/mol. The Morgan fingerprint density at radius 3 is 2.76 bits per heavy atom. The van der Waals surface area contributed by atoms with E-state index in [2.05, 4.69) is 6.07 Å². The van der Waals surface area contributed by atoms with Gasteiger partial charge in [-0.05, 0) is 48.9 Å². The Morgan fingerprint density at radius 1 is 1.53 bits per heavy atom. The van der Waals surface area contributed by atoms with Gasteiger partial charge in [-0.1, -0.05) is 0 Å². The van der Waals surface area contributed by atoms with Crippen molar-refractivity contribution in [2.24, 2.45) is 5.41 Å². The molecular weight excluding hydrogens is 232 g/mol. The SMILES string of the molecule is Cc1cc(S(=O)CC2(CC#N)CC2)ccc1N. The zero-order chi connectivity index (χ0) is 12.5. The highest BCUT2D eigenvalue weighted by Crippen LogP contribution is 2.49. The van der Waals surface area contributed by atoms with Crippen LogP contribution in [0.2, 0.25) is 0 Å². The minimum absolute atomic E-state index is 0.0227. The molecule has 0 heterocycles. The lowest BCUT2D eigenvalue weighted by atomic mass is 10.1. The molecular formula is C13H16N2OS. The lowest BCUT2D eigenvalue weighted by molar-refractivity contribution is 0.587. The van der Waals surface area contributed by atoms with E-state index in [-0.39, 0.29) is 5.41 Å². The van der Waals surface area contributed by atoms with E-state index in [1.54, 1.807) is 6.07 Å². The Bertz CT molecular complexity index is 501. The summed E-state index contributed by atoms with van der Waals surface area (Å²) in [5, 5.41) is 8.74. The van der Waals surface area contributed by atoms with E-state index in [1.807, 2.05) is 19.1 Å². The van der Waals surface area contributed by atoms with Crippen LogP contribution >= 0.6 is 0 Å². The van der Waals surface area contributed by atoms with Crippen molar-refractivity contribution in [2.75, 3.05) is 11.5 Å². The number of nitrogens with two attached hydrogens (primary N) is 1. The van der Waals surface area contributed by atoms with E-state index in [9.17, 15) is 4.21 Å². The Labute approximate surface area is 104 Å². The van der Waals surface area contributed by atoms with Crippen molar-refractivity contribution in [1.82, 2.24) is 0 Å². The second kappa shape index (κ2) is 4.50. The molecule has 1 aliphatic carbocycles. The molecule has 1 aliphatic rings. The topological polar surface area (TPSA) is 66.9 Å². The van der Waals surface area contributed by atoms with Gasteiger partial charge in [-0.2, -0.15) is 5.26 Å². The van der Waals surface area contributed by atoms with Gasteiger partial charge < -0.3 is 5.73 Å². The monoisotopic (exact) mass is 248 g/mol. The highest BCUT2D eigenvalue weighted by molar-refractivity contribution is 7.85. The van der Waals surface area contributed by atoms with Crippen molar-refractivity contribution in [1.29, 1.82) is 5.26 Å². The van der Waals surface area contributed by atoms with Crippen LogP contribution in [0.15, 0.2) is 23.1 Å². The molecule has 2 N–H and O–H groups in total. The number of nitrogens with zero attached hydrogens (tertiary/aromatic N) is 1. The van der Waals surface area contributed by atoms with Gasteiger partial charge in [-0.15, -0.1) is 0 Å². The predicted octanol–water partition coefficient (Wildman–Crippen LogP) is 2.38. The largest absolute Gasteiger partial charge is 0.399 e. The summed E-state index contributed by atoms with van der Waals surface area (Å²) < 4.78 is 12.2. The third-order valence-electron chi connectivity index (χ3n) is 3.35. The van der Waals surface area contributed by atoms with Gasteiger partial charge in [0, 0.05) is 22.8 Å². The van der Waals surface area contributed by atoms with Crippen LogP contribution in [0, 0.1) is 23.7 Å². The number of nitrogen functional groups attached to an aromatic ring is 1. The lowest BCUT2D eigenvalue weighted by Gasteiger charge is -2.11. The Morgan fingerprint density at radius 2 is 2.24 bits per heavy atom. The third kappa shape index (κ3) is 2.67. The van der Waals surface area contributed by atoms with E-state index in [4.69, 9.17) is 11.0 Å². The number of hydrogen-bond acceptors (Lipinski definition) is 3. The van der Waals surface area contributed by atoms with Crippen LogP contribution in [0.4, 0.5) is 5.69 Å². The van der Waals surface area contributed by atoms with E-state index in [0.717, 1.165) is 29.0 Å². The van der Waals surface area contributed by atoms with Gasteiger partial charge in [0.15, 0.2) is 0 Å². The normalized spacial score (nSPS) is 18.4. The summed E-state index contributed by atoms with van der Waals surface area (Å²) in [6.07, 6.45) is 2.58. The summed E-state index contributed by atoms with van der Waals surface area (Å²) in [6.45, 7) is 1.91. The van der Waals surface area contributed by atoms with Gasteiger partial charge in [-0.3, -0.25) is 4.21 Å². The van der Waals surface area contributed by atoms with E-state index < -0.39 is 10.8 Å². The fourth-order valence-electron chi connectivity index (χ4n) is 1.87. The zero-order valence-corrected chi connectivity index (χ0v) is 10.7. The number of benzene rings is 1. The van der Waals surface area contributed by atoms with Crippen molar-refractivity contribution in [2.45, 2.75) is 31.1 Å². The fourth-order valence-corrected chi connectivity index (χ4v) is 3.51. The lowest BCUT2D eigenvalue weighted by Crippen LogP contribution is -2.12. The maximum Gasteiger partial charge on any atom is 0.0627 e. The molecule has 0 aliphatic heterocycles. The number of nitriles is 1. The molecule has 1 unspecified atom stereocenters. The summed E-state index contributed by atoms with van der Waals surface area (Å²) in [4.78, 5) is 0.820. The van der Waals surface area contributed by atoms with Crippen LogP contribution in [0.5, 0.6) is 0 Å². The standard InChI is InChI=1S/C13H16N2OS/c1-10-8-11(2-3-12(10)15)17(16)9-13(4-5-13)6-7-14/h2-3,8H,4-6,9,15H2,1H3. The van der Waals surface area contributed by atoms with Crippen LogP contribution in [0.1, 0.15) is 24.8 Å². The van der Waals surface area contributed by atoms with Gasteiger partial charge in [-0.25, -0.2) is 0 Å². The summed E-state index contributed by atoms with van der Waals surface area (Å²) in [5.41, 5.74) is 7.44. The molecule has 0 spiro atoms. The Kier molecular flexibility index (Phi) is 3.21. The molecule has 4 heteroatoms. The Balaban J connectivity index is 2.10. The van der Waals surface area contributed by atoms with Crippen LogP contribution in [-0.2, 0) is 10.8 Å². The van der Waals surface area contributed by atoms with Gasteiger partial charge in [0.05, 0.1) is 16.9 Å². The van der Waals surface area contributed by atoms with Gasteiger partial charge in [0.25, 0.3) is 0 Å². The number of aryl methyl sites for hydroxylation is 1. The minimum atomic E-state index is -1.02. The zero-order valence-electron chi connectivity index (χ0n) is 9.90. The second-order valence-corrected chi connectivity index (χ2v) is 6.29. The molecule has 3 nitrogen and oxygen atoms in total. The van der Waals surface area contributed by atoms with Gasteiger partial charge in [0.1, 0.15) is 0 Å². The molecule has 0 aromatic heterocycles. The first kappa shape index (κ1) is 12.1. The molecule has 0 saturated heterocycles. The van der Waals surface area contributed by atoms with E-state index in [1.165, 1.54) is 0 Å². The highest BCUT2D eigenvalue weighted by Gasteiger charge is 2.43. The molecule has 0 bridgehead atoms. The summed E-state index contributed by atoms with van der Waals surface area (Å²) in [7, 11) is -1.02. The van der Waals surface area contributed by atoms with Crippen molar-refractivity contribution in [3.8, 4) is 6.07 Å². The molecule has 1 aromatic carbocycles. The van der Waals surface area contributed by atoms with Gasteiger partial charge >= 0.3 is 0 Å². The van der Waals surface area contributed by atoms with Crippen LogP contribution in [0.3, 0.4) is 0 Å². The van der Waals surface area contributed by atoms with E-state index >= 15 is 0 Å². The minimum Gasteiger partial charge on any atom is -0.399 e. The maximum atomic E-state index is 12.2. The van der Waals surface area contributed by atoms with E-state index in [0.29, 0.717) is 12.2 Å². The molecule has 90 valence electrons. The van der Waals surface area contributed by atoms with Crippen molar-refractivity contribution < 1.29 is 4.21 Å². The van der Waals surface area contributed by atoms with Crippen LogP contribution in [-0.4, -0.2) is 9.96 Å². The van der Waals surface area contributed by atoms with Crippen molar-refractivity contribution in [3.63, 3.8) is 0 Å².